The SMILES string of the molecule is COc1ccccc1N(C(C)=O)c1nc(COC(=O)c2ccncc2)cs1. The fourth-order valence-corrected chi connectivity index (χ4v) is 3.26. The normalized spacial score (nSPS) is 10.3. The third-order valence-corrected chi connectivity index (χ3v) is 4.51. The molecule has 0 radical (unpaired) electrons. The number of methoxy groups -OCH3 is 1. The number of amides is 1. The molecule has 0 aliphatic carbocycles. The number of anilines is 2. The van der Waals surface area contributed by atoms with E-state index in [0.717, 1.165) is 0 Å². The smallest absolute Gasteiger partial charge is 0.338 e. The lowest BCUT2D eigenvalue weighted by Gasteiger charge is -2.20. The Labute approximate surface area is 160 Å². The van der Waals surface area contributed by atoms with Crippen molar-refractivity contribution < 1.29 is 19.1 Å². The Bertz CT molecular complexity index is 943. The summed E-state index contributed by atoms with van der Waals surface area (Å²) in [5.74, 6) is -0.0946. The molecule has 3 aromatic rings. The van der Waals surface area contributed by atoms with Crippen molar-refractivity contribution in [2.75, 3.05) is 12.0 Å². The predicted molar refractivity (Wildman–Crippen MR) is 101 cm³/mol. The average molecular weight is 383 g/mol. The highest BCUT2D eigenvalue weighted by atomic mass is 32.1. The van der Waals surface area contributed by atoms with Gasteiger partial charge in [-0.15, -0.1) is 11.3 Å². The van der Waals surface area contributed by atoms with Gasteiger partial charge in [-0.05, 0) is 24.3 Å². The molecule has 27 heavy (non-hydrogen) atoms. The van der Waals surface area contributed by atoms with Gasteiger partial charge in [0.1, 0.15) is 12.4 Å². The first-order valence-electron chi connectivity index (χ1n) is 8.05. The molecule has 0 saturated heterocycles. The van der Waals surface area contributed by atoms with Gasteiger partial charge < -0.3 is 9.47 Å². The summed E-state index contributed by atoms with van der Waals surface area (Å²) in [5, 5.41) is 2.22. The number of nitrogens with zero attached hydrogens (tertiary/aromatic N) is 3. The minimum Gasteiger partial charge on any atom is -0.495 e. The highest BCUT2D eigenvalue weighted by molar-refractivity contribution is 7.14. The monoisotopic (exact) mass is 383 g/mol. The Morgan fingerprint density at radius 2 is 1.89 bits per heavy atom. The summed E-state index contributed by atoms with van der Waals surface area (Å²) < 4.78 is 10.6. The number of hydrogen-bond acceptors (Lipinski definition) is 7. The molecule has 3 rings (SSSR count). The van der Waals surface area contributed by atoms with Crippen molar-refractivity contribution in [2.24, 2.45) is 0 Å². The zero-order valence-electron chi connectivity index (χ0n) is 14.8. The number of ether oxygens (including phenoxy) is 2. The third-order valence-electron chi connectivity index (χ3n) is 3.64. The molecule has 0 spiro atoms. The first-order chi connectivity index (χ1) is 13.1. The largest absolute Gasteiger partial charge is 0.495 e. The van der Waals surface area contributed by atoms with Crippen LogP contribution in [-0.4, -0.2) is 29.0 Å². The van der Waals surface area contributed by atoms with Crippen molar-refractivity contribution in [3.05, 3.63) is 65.4 Å². The summed E-state index contributed by atoms with van der Waals surface area (Å²) in [6.45, 7) is 1.46. The first kappa shape index (κ1) is 18.5. The Kier molecular flexibility index (Phi) is 5.77. The molecule has 0 fully saturated rings. The number of pyridine rings is 1. The fraction of sp³-hybridized carbons (Fsp3) is 0.158. The maximum absolute atomic E-state index is 12.2. The molecule has 138 valence electrons. The minimum absolute atomic E-state index is 0.00925. The van der Waals surface area contributed by atoms with Gasteiger partial charge in [0.25, 0.3) is 0 Å². The molecule has 8 heteroatoms. The molecule has 0 bridgehead atoms. The third kappa shape index (κ3) is 4.29. The van der Waals surface area contributed by atoms with Crippen molar-refractivity contribution in [3.63, 3.8) is 0 Å². The van der Waals surface area contributed by atoms with Gasteiger partial charge in [0.2, 0.25) is 5.91 Å². The van der Waals surface area contributed by atoms with E-state index in [1.165, 1.54) is 35.6 Å². The lowest BCUT2D eigenvalue weighted by atomic mass is 10.2. The molecule has 1 aromatic carbocycles. The van der Waals surface area contributed by atoms with Crippen LogP contribution in [0.2, 0.25) is 0 Å². The highest BCUT2D eigenvalue weighted by Gasteiger charge is 2.21. The number of carbonyl (C=O) groups excluding carboxylic acids is 2. The van der Waals surface area contributed by atoms with E-state index in [0.29, 0.717) is 27.8 Å². The molecule has 0 saturated carbocycles. The van der Waals surface area contributed by atoms with Crippen LogP contribution in [-0.2, 0) is 16.1 Å². The van der Waals surface area contributed by atoms with Crippen LogP contribution in [0.25, 0.3) is 0 Å². The van der Waals surface area contributed by atoms with E-state index in [9.17, 15) is 9.59 Å². The zero-order chi connectivity index (χ0) is 19.2. The van der Waals surface area contributed by atoms with Crippen LogP contribution < -0.4 is 9.64 Å². The van der Waals surface area contributed by atoms with Gasteiger partial charge in [-0.25, -0.2) is 9.78 Å². The average Bonchev–Trinajstić information content (AvgIpc) is 3.15. The van der Waals surface area contributed by atoms with E-state index in [-0.39, 0.29) is 12.5 Å². The summed E-state index contributed by atoms with van der Waals surface area (Å²) in [6, 6.07) is 10.4. The number of rotatable bonds is 6. The maximum Gasteiger partial charge on any atom is 0.338 e. The molecule has 0 aliphatic rings. The van der Waals surface area contributed by atoms with Gasteiger partial charge >= 0.3 is 5.97 Å². The molecular weight excluding hydrogens is 366 g/mol. The quantitative estimate of drug-likeness (QED) is 0.605. The summed E-state index contributed by atoms with van der Waals surface area (Å²) in [5.41, 5.74) is 1.57. The summed E-state index contributed by atoms with van der Waals surface area (Å²) >= 11 is 1.28. The van der Waals surface area contributed by atoms with Crippen LogP contribution >= 0.6 is 11.3 Å². The molecule has 0 N–H and O–H groups in total. The Morgan fingerprint density at radius 1 is 1.15 bits per heavy atom. The number of para-hydroxylation sites is 2. The van der Waals surface area contributed by atoms with Gasteiger partial charge in [0.15, 0.2) is 5.13 Å². The number of benzene rings is 1. The number of carbonyl (C=O) groups is 2. The second kappa shape index (κ2) is 8.41. The molecule has 7 nitrogen and oxygen atoms in total. The second-order valence-electron chi connectivity index (χ2n) is 5.46. The van der Waals surface area contributed by atoms with E-state index in [2.05, 4.69) is 9.97 Å². The highest BCUT2D eigenvalue weighted by Crippen LogP contribution is 2.35. The Hall–Kier alpha value is -3.26. The van der Waals surface area contributed by atoms with Crippen LogP contribution in [0.4, 0.5) is 10.8 Å². The van der Waals surface area contributed by atoms with E-state index >= 15 is 0 Å². The zero-order valence-corrected chi connectivity index (χ0v) is 15.6. The van der Waals surface area contributed by atoms with Crippen molar-refractivity contribution in [1.29, 1.82) is 0 Å². The topological polar surface area (TPSA) is 81.6 Å². The van der Waals surface area contributed by atoms with Crippen LogP contribution in [0.3, 0.4) is 0 Å². The number of hydrogen-bond donors (Lipinski definition) is 0. The van der Waals surface area contributed by atoms with Crippen LogP contribution in [0.5, 0.6) is 5.75 Å². The molecule has 0 unspecified atom stereocenters. The summed E-state index contributed by atoms with van der Waals surface area (Å²) in [7, 11) is 1.54. The molecular formula is C19H17N3O4S. The van der Waals surface area contributed by atoms with Crippen molar-refractivity contribution in [1.82, 2.24) is 9.97 Å². The number of aromatic nitrogens is 2. The summed E-state index contributed by atoms with van der Waals surface area (Å²) in [4.78, 5) is 34.0. The first-order valence-corrected chi connectivity index (χ1v) is 8.93. The van der Waals surface area contributed by atoms with Crippen molar-refractivity contribution in [2.45, 2.75) is 13.5 Å². The van der Waals surface area contributed by atoms with Gasteiger partial charge in [0.05, 0.1) is 24.1 Å². The lowest BCUT2D eigenvalue weighted by Crippen LogP contribution is -2.23. The van der Waals surface area contributed by atoms with Gasteiger partial charge in [0, 0.05) is 24.7 Å². The van der Waals surface area contributed by atoms with Gasteiger partial charge in [-0.1, -0.05) is 12.1 Å². The maximum atomic E-state index is 12.2. The fourth-order valence-electron chi connectivity index (χ4n) is 2.40. The van der Waals surface area contributed by atoms with E-state index in [1.54, 1.807) is 36.8 Å². The van der Waals surface area contributed by atoms with E-state index in [4.69, 9.17) is 9.47 Å². The standard InChI is InChI=1S/C19H17N3O4S/c1-13(23)22(16-5-3-4-6-17(16)25-2)19-21-15(12-27-19)11-26-18(24)14-7-9-20-10-8-14/h3-10,12H,11H2,1-2H3. The number of thiazole rings is 1. The molecule has 2 heterocycles. The van der Waals surface area contributed by atoms with Crippen LogP contribution in [0, 0.1) is 0 Å². The van der Waals surface area contributed by atoms with Gasteiger partial charge in [-0.3, -0.25) is 14.7 Å². The minimum atomic E-state index is -0.458. The lowest BCUT2D eigenvalue weighted by molar-refractivity contribution is -0.115. The number of esters is 1. The second-order valence-corrected chi connectivity index (χ2v) is 6.30. The molecule has 2 aromatic heterocycles. The predicted octanol–water partition coefficient (Wildman–Crippen LogP) is 3.59. The molecule has 0 aliphatic heterocycles. The molecule has 1 amide bonds. The molecule has 0 atom stereocenters. The van der Waals surface area contributed by atoms with Crippen LogP contribution in [0.1, 0.15) is 23.0 Å². The Morgan fingerprint density at radius 3 is 2.59 bits per heavy atom. The van der Waals surface area contributed by atoms with E-state index < -0.39 is 5.97 Å². The van der Waals surface area contributed by atoms with Crippen molar-refractivity contribution >= 4 is 34.0 Å². The Balaban J connectivity index is 1.77. The van der Waals surface area contributed by atoms with Crippen molar-refractivity contribution in [3.8, 4) is 5.75 Å². The van der Waals surface area contributed by atoms with Gasteiger partial charge in [-0.2, -0.15) is 0 Å². The summed E-state index contributed by atoms with van der Waals surface area (Å²) in [6.07, 6.45) is 3.05. The van der Waals surface area contributed by atoms with E-state index in [1.807, 2.05) is 12.1 Å². The van der Waals surface area contributed by atoms with Crippen LogP contribution in [0.15, 0.2) is 54.2 Å².